The first kappa shape index (κ1) is 16.2. The number of nitrogens with zero attached hydrogens (tertiary/aromatic N) is 1. The van der Waals surface area contributed by atoms with Crippen molar-refractivity contribution in [1.29, 1.82) is 0 Å². The summed E-state index contributed by atoms with van der Waals surface area (Å²) in [4.78, 5) is 14.4. The normalized spacial score (nSPS) is 25.1. The molecule has 1 amide bonds. The van der Waals surface area contributed by atoms with E-state index in [-0.39, 0.29) is 23.4 Å². The van der Waals surface area contributed by atoms with Gasteiger partial charge >= 0.3 is 0 Å². The van der Waals surface area contributed by atoms with Crippen molar-refractivity contribution in [1.82, 2.24) is 10.2 Å². The Kier molecular flexibility index (Phi) is 5.53. The lowest BCUT2D eigenvalue weighted by Gasteiger charge is -2.22. The molecule has 0 radical (unpaired) electrons. The molecule has 1 heterocycles. The van der Waals surface area contributed by atoms with Crippen molar-refractivity contribution in [2.45, 2.75) is 44.1 Å². The van der Waals surface area contributed by atoms with Crippen molar-refractivity contribution in [3.05, 3.63) is 35.9 Å². The molecule has 4 nitrogen and oxygen atoms in total. The summed E-state index contributed by atoms with van der Waals surface area (Å²) < 4.78 is 11.4. The van der Waals surface area contributed by atoms with Gasteiger partial charge in [-0.3, -0.25) is 14.3 Å². The van der Waals surface area contributed by atoms with E-state index in [4.69, 9.17) is 0 Å². The van der Waals surface area contributed by atoms with Crippen molar-refractivity contribution in [2.75, 3.05) is 12.8 Å². The fourth-order valence-corrected chi connectivity index (χ4v) is 3.07. The van der Waals surface area contributed by atoms with Crippen molar-refractivity contribution >= 4 is 16.7 Å². The molecule has 1 N–H and O–H groups in total. The van der Waals surface area contributed by atoms with Crippen LogP contribution >= 0.6 is 0 Å². The van der Waals surface area contributed by atoms with Gasteiger partial charge in [0.1, 0.15) is 0 Å². The monoisotopic (exact) mass is 308 g/mol. The molecular formula is C16H24N2O2S. The number of hydrogen-bond acceptors (Lipinski definition) is 3. The number of carbonyl (C=O) groups excluding carboxylic acids is 1. The van der Waals surface area contributed by atoms with E-state index in [2.05, 4.69) is 5.32 Å². The third kappa shape index (κ3) is 4.14. The Balaban J connectivity index is 1.93. The molecule has 1 aromatic carbocycles. The summed E-state index contributed by atoms with van der Waals surface area (Å²) in [5.41, 5.74) is 1.17. The molecule has 0 aliphatic carbocycles. The Labute approximate surface area is 129 Å². The number of rotatable bonds is 6. The predicted molar refractivity (Wildman–Crippen MR) is 86.4 cm³/mol. The standard InChI is InChI=1S/C16H24N2O2S/c1-12(21(3)20)9-10-18-13(2)17-15(16(18)19)11-14-7-5-4-6-8-14/h4-8,12-13,15,17H,9-11H2,1-3H3. The van der Waals surface area contributed by atoms with Crippen LogP contribution in [-0.2, 0) is 22.0 Å². The second kappa shape index (κ2) is 7.18. The molecule has 0 spiro atoms. The summed E-state index contributed by atoms with van der Waals surface area (Å²) in [5.74, 6) is 0.153. The maximum atomic E-state index is 12.5. The molecule has 0 saturated carbocycles. The van der Waals surface area contributed by atoms with Gasteiger partial charge < -0.3 is 4.90 Å². The molecular weight excluding hydrogens is 284 g/mol. The van der Waals surface area contributed by atoms with Crippen molar-refractivity contribution < 1.29 is 9.00 Å². The highest BCUT2D eigenvalue weighted by Crippen LogP contribution is 2.16. The maximum Gasteiger partial charge on any atom is 0.241 e. The first-order chi connectivity index (χ1) is 9.99. The molecule has 1 saturated heterocycles. The van der Waals surface area contributed by atoms with Gasteiger partial charge in [-0.15, -0.1) is 0 Å². The molecule has 21 heavy (non-hydrogen) atoms. The number of hydrogen-bond donors (Lipinski definition) is 1. The molecule has 116 valence electrons. The highest BCUT2D eigenvalue weighted by molar-refractivity contribution is 7.84. The summed E-state index contributed by atoms with van der Waals surface area (Å²) in [5, 5.41) is 3.48. The Morgan fingerprint density at radius 2 is 2.00 bits per heavy atom. The van der Waals surface area contributed by atoms with Gasteiger partial charge in [-0.1, -0.05) is 37.3 Å². The van der Waals surface area contributed by atoms with Crippen molar-refractivity contribution in [2.24, 2.45) is 0 Å². The minimum Gasteiger partial charge on any atom is -0.326 e. The van der Waals surface area contributed by atoms with E-state index in [0.717, 1.165) is 12.8 Å². The van der Waals surface area contributed by atoms with Gasteiger partial charge in [0.2, 0.25) is 5.91 Å². The summed E-state index contributed by atoms with van der Waals surface area (Å²) in [6.45, 7) is 4.64. The highest BCUT2D eigenvalue weighted by Gasteiger charge is 2.36. The topological polar surface area (TPSA) is 49.4 Å². The van der Waals surface area contributed by atoms with E-state index in [1.807, 2.05) is 49.1 Å². The third-order valence-corrected chi connectivity index (χ3v) is 5.49. The number of amides is 1. The lowest BCUT2D eigenvalue weighted by molar-refractivity contribution is -0.129. The average Bonchev–Trinajstić information content (AvgIpc) is 2.72. The van der Waals surface area contributed by atoms with Crippen LogP contribution in [-0.4, -0.2) is 45.3 Å². The van der Waals surface area contributed by atoms with E-state index < -0.39 is 10.8 Å². The van der Waals surface area contributed by atoms with Gasteiger partial charge in [0.25, 0.3) is 0 Å². The van der Waals surface area contributed by atoms with Crippen LogP contribution in [0.15, 0.2) is 30.3 Å². The van der Waals surface area contributed by atoms with Gasteiger partial charge in [-0.05, 0) is 25.3 Å². The van der Waals surface area contributed by atoms with Gasteiger partial charge in [0.05, 0.1) is 12.2 Å². The van der Waals surface area contributed by atoms with Gasteiger partial charge in [-0.2, -0.15) is 0 Å². The molecule has 4 unspecified atom stereocenters. The van der Waals surface area contributed by atoms with Crippen LogP contribution < -0.4 is 5.32 Å². The van der Waals surface area contributed by atoms with Crippen LogP contribution in [0, 0.1) is 0 Å². The average molecular weight is 308 g/mol. The first-order valence-electron chi connectivity index (χ1n) is 7.41. The molecule has 1 aliphatic rings. The number of benzene rings is 1. The Morgan fingerprint density at radius 1 is 1.33 bits per heavy atom. The smallest absolute Gasteiger partial charge is 0.241 e. The number of nitrogens with one attached hydrogen (secondary N) is 1. The second-order valence-electron chi connectivity index (χ2n) is 5.71. The molecule has 5 heteroatoms. The predicted octanol–water partition coefficient (Wildman–Crippen LogP) is 1.53. The molecule has 2 rings (SSSR count). The SMILES string of the molecule is CC1NC(Cc2ccccc2)C(=O)N1CCC(C)S(C)=O. The van der Waals surface area contributed by atoms with Crippen LogP contribution in [0.1, 0.15) is 25.8 Å². The van der Waals surface area contributed by atoms with Crippen molar-refractivity contribution in [3.63, 3.8) is 0 Å². The van der Waals surface area contributed by atoms with Crippen molar-refractivity contribution in [3.8, 4) is 0 Å². The summed E-state index contributed by atoms with van der Waals surface area (Å²) >= 11 is 0. The summed E-state index contributed by atoms with van der Waals surface area (Å²) in [6.07, 6.45) is 3.26. The largest absolute Gasteiger partial charge is 0.326 e. The van der Waals surface area contributed by atoms with Crippen LogP contribution in [0.5, 0.6) is 0 Å². The quantitative estimate of drug-likeness (QED) is 0.867. The van der Waals surface area contributed by atoms with Crippen LogP contribution in [0.4, 0.5) is 0 Å². The molecule has 4 atom stereocenters. The highest BCUT2D eigenvalue weighted by atomic mass is 32.2. The second-order valence-corrected chi connectivity index (χ2v) is 7.52. The van der Waals surface area contributed by atoms with E-state index >= 15 is 0 Å². The molecule has 1 fully saturated rings. The van der Waals surface area contributed by atoms with E-state index in [1.54, 1.807) is 6.26 Å². The van der Waals surface area contributed by atoms with Crippen LogP contribution in [0.25, 0.3) is 0 Å². The molecule has 1 aromatic rings. The fraction of sp³-hybridized carbons (Fsp3) is 0.562. The maximum absolute atomic E-state index is 12.5. The van der Waals surface area contributed by atoms with E-state index in [1.165, 1.54) is 5.56 Å². The Morgan fingerprint density at radius 3 is 2.62 bits per heavy atom. The van der Waals surface area contributed by atoms with E-state index in [0.29, 0.717) is 6.54 Å². The molecule has 0 aromatic heterocycles. The van der Waals surface area contributed by atoms with E-state index in [9.17, 15) is 9.00 Å². The van der Waals surface area contributed by atoms with Gasteiger partial charge in [-0.25, -0.2) is 0 Å². The third-order valence-electron chi connectivity index (χ3n) is 4.12. The lowest BCUT2D eigenvalue weighted by Crippen LogP contribution is -2.36. The zero-order chi connectivity index (χ0) is 15.4. The molecule has 0 bridgehead atoms. The zero-order valence-corrected chi connectivity index (χ0v) is 13.7. The van der Waals surface area contributed by atoms with Gasteiger partial charge in [0.15, 0.2) is 0 Å². The van der Waals surface area contributed by atoms with Gasteiger partial charge in [0, 0.05) is 28.9 Å². The summed E-state index contributed by atoms with van der Waals surface area (Å²) in [7, 11) is -0.831. The zero-order valence-electron chi connectivity index (χ0n) is 12.9. The lowest BCUT2D eigenvalue weighted by atomic mass is 10.1. The van der Waals surface area contributed by atoms with Crippen LogP contribution in [0.3, 0.4) is 0 Å². The first-order valence-corrected chi connectivity index (χ1v) is 9.04. The minimum absolute atomic E-state index is 0.0451. The Hall–Kier alpha value is -1.20. The minimum atomic E-state index is -0.831. The summed E-state index contributed by atoms with van der Waals surface area (Å²) in [6, 6.07) is 9.91. The van der Waals surface area contributed by atoms with Crippen LogP contribution in [0.2, 0.25) is 0 Å². The molecule has 1 aliphatic heterocycles. The fourth-order valence-electron chi connectivity index (χ4n) is 2.63. The Bertz CT molecular complexity index is 506. The number of carbonyl (C=O) groups is 1.